The fourth-order valence-electron chi connectivity index (χ4n) is 3.12. The topological polar surface area (TPSA) is 49.8 Å². The smallest absolute Gasteiger partial charge is 0.205 e. The van der Waals surface area contributed by atoms with E-state index in [1.807, 2.05) is 0 Å². The molecular formula is C19H19FN4S. The van der Waals surface area contributed by atoms with E-state index in [1.165, 1.54) is 28.8 Å². The molecule has 0 aliphatic carbocycles. The van der Waals surface area contributed by atoms with Crippen LogP contribution in [0.2, 0.25) is 0 Å². The fourth-order valence-corrected chi connectivity index (χ4v) is 3.89. The third kappa shape index (κ3) is 3.86. The van der Waals surface area contributed by atoms with Gasteiger partial charge in [-0.15, -0.1) is 10.2 Å². The van der Waals surface area contributed by atoms with Crippen LogP contribution < -0.4 is 10.6 Å². The molecule has 1 aliphatic rings. The van der Waals surface area contributed by atoms with E-state index in [2.05, 4.69) is 39.0 Å². The van der Waals surface area contributed by atoms with Crippen LogP contribution in [0.3, 0.4) is 0 Å². The number of nitrogens with zero attached hydrogens (tertiary/aromatic N) is 2. The lowest BCUT2D eigenvalue weighted by Gasteiger charge is -2.20. The summed E-state index contributed by atoms with van der Waals surface area (Å²) in [6, 6.07) is 13.0. The van der Waals surface area contributed by atoms with Crippen LogP contribution in [-0.4, -0.2) is 16.7 Å². The molecule has 2 N–H and O–H groups in total. The zero-order valence-electron chi connectivity index (χ0n) is 13.8. The number of benzene rings is 2. The van der Waals surface area contributed by atoms with Gasteiger partial charge in [0, 0.05) is 19.5 Å². The van der Waals surface area contributed by atoms with Crippen molar-refractivity contribution in [3.8, 4) is 0 Å². The molecule has 3 aromatic rings. The molecule has 0 radical (unpaired) electrons. The van der Waals surface area contributed by atoms with E-state index in [4.69, 9.17) is 0 Å². The minimum Gasteiger partial charge on any atom is -0.356 e. The Hall–Kier alpha value is -2.31. The van der Waals surface area contributed by atoms with Gasteiger partial charge in [-0.3, -0.25) is 0 Å². The third-order valence-corrected chi connectivity index (χ3v) is 5.28. The average molecular weight is 354 g/mol. The molecule has 0 atom stereocenters. The Balaban J connectivity index is 1.41. The standard InChI is InChI=1S/C19H19FN4S/c20-16-6-4-13(5-7-16)10-18-23-24-19(25-18)22-12-15-3-1-2-14-11-21-9-8-17(14)15/h1-7,21H,8-12H2,(H,22,24). The zero-order chi connectivity index (χ0) is 17.1. The van der Waals surface area contributed by atoms with Gasteiger partial charge in [0.25, 0.3) is 0 Å². The first-order valence-electron chi connectivity index (χ1n) is 8.39. The zero-order valence-corrected chi connectivity index (χ0v) is 14.6. The van der Waals surface area contributed by atoms with Crippen molar-refractivity contribution in [2.75, 3.05) is 11.9 Å². The number of rotatable bonds is 5. The van der Waals surface area contributed by atoms with Gasteiger partial charge in [-0.1, -0.05) is 41.7 Å². The van der Waals surface area contributed by atoms with Gasteiger partial charge in [-0.2, -0.15) is 0 Å². The number of hydrogen-bond donors (Lipinski definition) is 2. The van der Waals surface area contributed by atoms with Gasteiger partial charge in [-0.05, 0) is 47.4 Å². The molecule has 1 aliphatic heterocycles. The highest BCUT2D eigenvalue weighted by Crippen LogP contribution is 2.22. The van der Waals surface area contributed by atoms with E-state index in [1.54, 1.807) is 23.5 Å². The second-order valence-electron chi connectivity index (χ2n) is 6.14. The van der Waals surface area contributed by atoms with E-state index in [0.717, 1.165) is 41.8 Å². The summed E-state index contributed by atoms with van der Waals surface area (Å²) >= 11 is 1.55. The first-order valence-corrected chi connectivity index (χ1v) is 9.20. The van der Waals surface area contributed by atoms with E-state index in [0.29, 0.717) is 6.42 Å². The maximum atomic E-state index is 13.0. The van der Waals surface area contributed by atoms with Crippen molar-refractivity contribution in [3.05, 3.63) is 75.5 Å². The van der Waals surface area contributed by atoms with Crippen molar-refractivity contribution in [2.24, 2.45) is 0 Å². The van der Waals surface area contributed by atoms with Gasteiger partial charge in [0.15, 0.2) is 0 Å². The SMILES string of the molecule is Fc1ccc(Cc2nnc(NCc3cccc4c3CCNC4)s2)cc1. The summed E-state index contributed by atoms with van der Waals surface area (Å²) in [6.07, 6.45) is 1.74. The highest BCUT2D eigenvalue weighted by Gasteiger charge is 2.13. The Morgan fingerprint density at radius 1 is 1.12 bits per heavy atom. The minimum absolute atomic E-state index is 0.218. The molecule has 0 unspecified atom stereocenters. The number of aromatic nitrogens is 2. The molecular weight excluding hydrogens is 335 g/mol. The van der Waals surface area contributed by atoms with Crippen LogP contribution >= 0.6 is 11.3 Å². The Kier molecular flexibility index (Phi) is 4.72. The van der Waals surface area contributed by atoms with Gasteiger partial charge in [0.05, 0.1) is 0 Å². The van der Waals surface area contributed by atoms with Gasteiger partial charge in [-0.25, -0.2) is 4.39 Å². The number of halogens is 1. The summed E-state index contributed by atoms with van der Waals surface area (Å²) in [5, 5.41) is 17.0. The Labute approximate surface area is 150 Å². The number of nitrogens with one attached hydrogen (secondary N) is 2. The third-order valence-electron chi connectivity index (χ3n) is 4.40. The van der Waals surface area contributed by atoms with E-state index < -0.39 is 0 Å². The number of hydrogen-bond acceptors (Lipinski definition) is 5. The number of fused-ring (bicyclic) bond motifs is 1. The van der Waals surface area contributed by atoms with Crippen LogP contribution in [0.15, 0.2) is 42.5 Å². The molecule has 0 saturated carbocycles. The lowest BCUT2D eigenvalue weighted by atomic mass is 9.95. The van der Waals surface area contributed by atoms with Crippen molar-refractivity contribution in [3.63, 3.8) is 0 Å². The normalized spacial score (nSPS) is 13.5. The van der Waals surface area contributed by atoms with Crippen molar-refractivity contribution < 1.29 is 4.39 Å². The lowest BCUT2D eigenvalue weighted by Crippen LogP contribution is -2.25. The van der Waals surface area contributed by atoms with E-state index in [9.17, 15) is 4.39 Å². The van der Waals surface area contributed by atoms with Crippen molar-refractivity contribution >= 4 is 16.5 Å². The molecule has 6 heteroatoms. The second kappa shape index (κ2) is 7.29. The highest BCUT2D eigenvalue weighted by molar-refractivity contribution is 7.15. The molecule has 0 saturated heterocycles. The Bertz CT molecular complexity index is 860. The van der Waals surface area contributed by atoms with Gasteiger partial charge in [0.1, 0.15) is 10.8 Å². The number of anilines is 1. The van der Waals surface area contributed by atoms with Crippen LogP contribution in [-0.2, 0) is 25.9 Å². The van der Waals surface area contributed by atoms with Gasteiger partial charge < -0.3 is 10.6 Å². The predicted octanol–water partition coefficient (Wildman–Crippen LogP) is 3.53. The van der Waals surface area contributed by atoms with Crippen LogP contribution in [0.1, 0.15) is 27.3 Å². The molecule has 0 amide bonds. The minimum atomic E-state index is -0.218. The molecule has 1 aromatic heterocycles. The van der Waals surface area contributed by atoms with Crippen LogP contribution in [0, 0.1) is 5.82 Å². The summed E-state index contributed by atoms with van der Waals surface area (Å²) in [7, 11) is 0. The average Bonchev–Trinajstić information content (AvgIpc) is 3.09. The summed E-state index contributed by atoms with van der Waals surface area (Å²) < 4.78 is 13.0. The summed E-state index contributed by atoms with van der Waals surface area (Å²) in [6.45, 7) is 2.74. The fraction of sp³-hybridized carbons (Fsp3) is 0.263. The highest BCUT2D eigenvalue weighted by atomic mass is 32.1. The van der Waals surface area contributed by atoms with Gasteiger partial charge >= 0.3 is 0 Å². The molecule has 0 bridgehead atoms. The first kappa shape index (κ1) is 16.2. The molecule has 128 valence electrons. The molecule has 25 heavy (non-hydrogen) atoms. The monoisotopic (exact) mass is 354 g/mol. The second-order valence-corrected chi connectivity index (χ2v) is 7.20. The first-order chi connectivity index (χ1) is 12.3. The molecule has 0 fully saturated rings. The predicted molar refractivity (Wildman–Crippen MR) is 98.3 cm³/mol. The van der Waals surface area contributed by atoms with Crippen LogP contribution in [0.5, 0.6) is 0 Å². The molecule has 0 spiro atoms. The van der Waals surface area contributed by atoms with Crippen molar-refractivity contribution in [2.45, 2.75) is 25.9 Å². The summed E-state index contributed by atoms with van der Waals surface area (Å²) in [4.78, 5) is 0. The Morgan fingerprint density at radius 3 is 2.88 bits per heavy atom. The molecule has 2 heterocycles. The molecule has 2 aromatic carbocycles. The van der Waals surface area contributed by atoms with E-state index >= 15 is 0 Å². The molecule has 4 nitrogen and oxygen atoms in total. The van der Waals surface area contributed by atoms with Crippen LogP contribution in [0.25, 0.3) is 0 Å². The summed E-state index contributed by atoms with van der Waals surface area (Å²) in [5.41, 5.74) is 5.20. The van der Waals surface area contributed by atoms with Gasteiger partial charge in [0.2, 0.25) is 5.13 Å². The van der Waals surface area contributed by atoms with Crippen LogP contribution in [0.4, 0.5) is 9.52 Å². The molecule has 4 rings (SSSR count). The lowest BCUT2D eigenvalue weighted by molar-refractivity contribution is 0.627. The van der Waals surface area contributed by atoms with Crippen molar-refractivity contribution in [1.82, 2.24) is 15.5 Å². The largest absolute Gasteiger partial charge is 0.356 e. The Morgan fingerprint density at radius 2 is 2.00 bits per heavy atom. The summed E-state index contributed by atoms with van der Waals surface area (Å²) in [5.74, 6) is -0.218. The maximum absolute atomic E-state index is 13.0. The maximum Gasteiger partial charge on any atom is 0.205 e. The van der Waals surface area contributed by atoms with E-state index in [-0.39, 0.29) is 5.82 Å². The van der Waals surface area contributed by atoms with Crippen molar-refractivity contribution in [1.29, 1.82) is 0 Å². The quantitative estimate of drug-likeness (QED) is 0.736.